The fourth-order valence-electron chi connectivity index (χ4n) is 4.25. The first-order valence-corrected chi connectivity index (χ1v) is 10.4. The Labute approximate surface area is 191 Å². The van der Waals surface area contributed by atoms with E-state index in [1.54, 1.807) is 4.90 Å². The minimum Gasteiger partial charge on any atom is -0.507 e. The van der Waals surface area contributed by atoms with Gasteiger partial charge in [-0.15, -0.1) is 4.91 Å². The average molecular weight is 472 g/mol. The average Bonchev–Trinajstić information content (AvgIpc) is 3.52. The van der Waals surface area contributed by atoms with E-state index in [0.29, 0.717) is 42.9 Å². The van der Waals surface area contributed by atoms with Crippen molar-refractivity contribution in [1.82, 2.24) is 9.88 Å². The number of piperazine rings is 1. The number of amides is 1. The van der Waals surface area contributed by atoms with Crippen LogP contribution in [0, 0.1) is 16.5 Å². The van der Waals surface area contributed by atoms with Crippen LogP contribution in [0.5, 0.6) is 5.75 Å². The van der Waals surface area contributed by atoms with Crippen LogP contribution < -0.4 is 9.91 Å². The van der Waals surface area contributed by atoms with Crippen LogP contribution in [0.3, 0.4) is 0 Å². The van der Waals surface area contributed by atoms with Crippen molar-refractivity contribution in [2.75, 3.05) is 36.1 Å². The van der Waals surface area contributed by atoms with E-state index in [2.05, 4.69) is 16.8 Å². The van der Waals surface area contributed by atoms with Gasteiger partial charge in [0.05, 0.1) is 21.6 Å². The van der Waals surface area contributed by atoms with E-state index in [9.17, 15) is 19.2 Å². The number of anilines is 3. The molecule has 2 aliphatic heterocycles. The predicted molar refractivity (Wildman–Crippen MR) is 121 cm³/mol. The van der Waals surface area contributed by atoms with Crippen molar-refractivity contribution in [2.24, 2.45) is 5.29 Å². The van der Waals surface area contributed by atoms with Crippen LogP contribution in [-0.2, 0) is 4.79 Å². The Kier molecular flexibility index (Phi) is 4.89. The van der Waals surface area contributed by atoms with Crippen molar-refractivity contribution >= 4 is 45.6 Å². The summed E-state index contributed by atoms with van der Waals surface area (Å²) in [6.45, 7) is 5.11. The number of hydrogen-bond donors (Lipinski definition) is 1. The van der Waals surface area contributed by atoms with Crippen molar-refractivity contribution < 1.29 is 18.7 Å². The first-order valence-electron chi connectivity index (χ1n) is 10.0. The summed E-state index contributed by atoms with van der Waals surface area (Å²) in [5.41, 5.74) is 0.0905. The summed E-state index contributed by atoms with van der Waals surface area (Å²) in [5.74, 6) is -2.26. The largest absolute Gasteiger partial charge is 0.507 e. The highest BCUT2D eigenvalue weighted by atomic mass is 35.5. The van der Waals surface area contributed by atoms with Gasteiger partial charge in [0.2, 0.25) is 5.91 Å². The van der Waals surface area contributed by atoms with Crippen LogP contribution in [0.15, 0.2) is 42.2 Å². The van der Waals surface area contributed by atoms with E-state index in [1.165, 1.54) is 24.3 Å². The molecule has 0 radical (unpaired) electrons. The third kappa shape index (κ3) is 3.17. The third-order valence-electron chi connectivity index (χ3n) is 5.87. The second-order valence-corrected chi connectivity index (χ2v) is 8.03. The monoisotopic (exact) mass is 471 g/mol. The van der Waals surface area contributed by atoms with Crippen LogP contribution in [-0.4, -0.2) is 47.1 Å². The quantitative estimate of drug-likeness (QED) is 0.342. The summed E-state index contributed by atoms with van der Waals surface area (Å²) in [6, 6.07) is 5.04. The number of aromatic hydroxyl groups is 1. The Morgan fingerprint density at radius 2 is 1.91 bits per heavy atom. The highest BCUT2D eigenvalue weighted by Gasteiger charge is 2.42. The van der Waals surface area contributed by atoms with E-state index in [0.717, 1.165) is 11.1 Å². The van der Waals surface area contributed by atoms with Crippen molar-refractivity contribution in [3.8, 4) is 16.9 Å². The highest BCUT2D eigenvalue weighted by Crippen LogP contribution is 2.57. The minimum atomic E-state index is -0.930. The summed E-state index contributed by atoms with van der Waals surface area (Å²) < 4.78 is 30.2. The van der Waals surface area contributed by atoms with Gasteiger partial charge in [0.25, 0.3) is 0 Å². The molecule has 1 aromatic heterocycles. The van der Waals surface area contributed by atoms with Gasteiger partial charge in [-0.3, -0.25) is 4.79 Å². The molecule has 1 saturated heterocycles. The maximum atomic E-state index is 15.7. The van der Waals surface area contributed by atoms with Crippen molar-refractivity contribution in [3.05, 3.63) is 58.5 Å². The van der Waals surface area contributed by atoms with Gasteiger partial charge in [-0.05, 0) is 24.3 Å². The van der Waals surface area contributed by atoms with Crippen molar-refractivity contribution in [3.63, 3.8) is 0 Å². The molecule has 3 heterocycles. The number of halogens is 3. The summed E-state index contributed by atoms with van der Waals surface area (Å²) in [4.78, 5) is 31.0. The highest BCUT2D eigenvalue weighted by molar-refractivity contribution is 6.35. The summed E-state index contributed by atoms with van der Waals surface area (Å²) in [5, 5.41) is 14.3. The molecular formula is C22H16ClF2N5O3. The van der Waals surface area contributed by atoms with Crippen LogP contribution in [0.2, 0.25) is 5.02 Å². The van der Waals surface area contributed by atoms with Crippen LogP contribution in [0.4, 0.5) is 26.0 Å². The topological polar surface area (TPSA) is 89.1 Å². The second kappa shape index (κ2) is 7.66. The number of hydrogen-bond acceptors (Lipinski definition) is 6. The third-order valence-corrected chi connectivity index (χ3v) is 6.17. The molecule has 168 valence electrons. The van der Waals surface area contributed by atoms with Crippen LogP contribution >= 0.6 is 11.6 Å². The lowest BCUT2D eigenvalue weighted by Crippen LogP contribution is -2.48. The molecule has 1 fully saturated rings. The number of phenolic OH excluding ortho intramolecular Hbond substituents is 1. The van der Waals surface area contributed by atoms with Gasteiger partial charge in [-0.25, -0.2) is 13.8 Å². The zero-order chi connectivity index (χ0) is 23.4. The standard InChI is InChI=1S/C22H16ClF2N5O3/c1-2-15(32)28-6-8-29(9-7-28)20-11-10-12(23)16(17-13(24)4-3-5-14(17)31)18(25)19(11)26-22-21(20)30(22)27-33/h2-5,10,31H,1,6-9H2. The molecule has 33 heavy (non-hydrogen) atoms. The number of phenols is 1. The van der Waals surface area contributed by atoms with Gasteiger partial charge >= 0.3 is 0 Å². The number of nitrogens with zero attached hydrogens (tertiary/aromatic N) is 5. The van der Waals surface area contributed by atoms with Gasteiger partial charge in [-0.2, -0.15) is 5.01 Å². The second-order valence-electron chi connectivity index (χ2n) is 7.62. The molecule has 0 aliphatic carbocycles. The fraction of sp³-hybridized carbons (Fsp3) is 0.182. The van der Waals surface area contributed by atoms with E-state index >= 15 is 4.39 Å². The Morgan fingerprint density at radius 3 is 2.55 bits per heavy atom. The van der Waals surface area contributed by atoms with Gasteiger partial charge < -0.3 is 14.9 Å². The van der Waals surface area contributed by atoms with E-state index < -0.39 is 17.4 Å². The SMILES string of the molecule is C=CC(=O)N1CCN(c2c3c(nc4c(F)c(-c5c(O)cccc5F)c(Cl)cc24)N3N=O)CC1. The minimum absolute atomic E-state index is 0.130. The molecule has 5 rings (SSSR count). The molecule has 0 spiro atoms. The van der Waals surface area contributed by atoms with Gasteiger partial charge in [-0.1, -0.05) is 24.2 Å². The molecule has 2 aliphatic rings. The first kappa shape index (κ1) is 21.1. The molecule has 2 aromatic carbocycles. The molecule has 0 atom stereocenters. The summed E-state index contributed by atoms with van der Waals surface area (Å²) in [6.07, 6.45) is 1.24. The lowest BCUT2D eigenvalue weighted by Gasteiger charge is -2.36. The number of nitroso groups, excluding NO2 is 1. The lowest BCUT2D eigenvalue weighted by atomic mass is 10.00. The molecule has 1 amide bonds. The molecule has 0 unspecified atom stereocenters. The number of aromatic nitrogens is 1. The van der Waals surface area contributed by atoms with E-state index in [1.807, 2.05) is 4.90 Å². The maximum Gasteiger partial charge on any atom is 0.246 e. The Hall–Kier alpha value is -3.79. The maximum absolute atomic E-state index is 15.7. The number of carbonyl (C=O) groups is 1. The van der Waals surface area contributed by atoms with E-state index in [-0.39, 0.29) is 33.4 Å². The molecule has 0 saturated carbocycles. The smallest absolute Gasteiger partial charge is 0.246 e. The van der Waals surface area contributed by atoms with Crippen LogP contribution in [0.25, 0.3) is 22.0 Å². The summed E-state index contributed by atoms with van der Waals surface area (Å²) >= 11 is 6.39. The number of pyridine rings is 1. The zero-order valence-corrected chi connectivity index (χ0v) is 17.8. The number of fused-ring (bicyclic) bond motifs is 2. The Balaban J connectivity index is 1.68. The Morgan fingerprint density at radius 1 is 1.18 bits per heavy atom. The van der Waals surface area contributed by atoms with Gasteiger partial charge in [0.1, 0.15) is 22.8 Å². The molecular weight excluding hydrogens is 456 g/mol. The number of rotatable bonds is 4. The Bertz CT molecular complexity index is 1340. The number of carbonyl (C=O) groups excluding carboxylic acids is 1. The molecule has 1 N–H and O–H groups in total. The molecule has 0 bridgehead atoms. The first-order chi connectivity index (χ1) is 15.9. The fourth-order valence-corrected chi connectivity index (χ4v) is 4.54. The molecule has 8 nitrogen and oxygen atoms in total. The number of benzene rings is 2. The zero-order valence-electron chi connectivity index (χ0n) is 17.1. The lowest BCUT2D eigenvalue weighted by molar-refractivity contribution is -0.126. The van der Waals surface area contributed by atoms with Gasteiger partial charge in [0.15, 0.2) is 11.6 Å². The van der Waals surface area contributed by atoms with Gasteiger partial charge in [0, 0.05) is 37.1 Å². The normalized spacial score (nSPS) is 14.9. The van der Waals surface area contributed by atoms with Crippen LogP contribution in [0.1, 0.15) is 0 Å². The predicted octanol–water partition coefficient (Wildman–Crippen LogP) is 4.51. The summed E-state index contributed by atoms with van der Waals surface area (Å²) in [7, 11) is 0. The van der Waals surface area contributed by atoms with Crippen molar-refractivity contribution in [2.45, 2.75) is 0 Å². The van der Waals surface area contributed by atoms with E-state index in [4.69, 9.17) is 11.6 Å². The van der Waals surface area contributed by atoms with Crippen molar-refractivity contribution in [1.29, 1.82) is 0 Å². The molecule has 3 aromatic rings. The molecule has 11 heteroatoms.